The highest BCUT2D eigenvalue weighted by molar-refractivity contribution is 5.95. The standard InChI is InChI=1S/C23H37N3O5/c1-5-7-9-18(6-2)23(29)26(14-8-15-30-3)17-22(28)24-16-21(27)25-19-10-12-20(31-4)13-11-19/h10-13,18H,5-9,14-17H2,1-4H3,(H,24,28)(H,25,27). The van der Waals surface area contributed by atoms with Crippen LogP contribution in [-0.2, 0) is 19.1 Å². The molecule has 1 rings (SSSR count). The first-order chi connectivity index (χ1) is 14.9. The van der Waals surface area contributed by atoms with Crippen molar-refractivity contribution in [2.24, 2.45) is 5.92 Å². The zero-order chi connectivity index (χ0) is 23.1. The van der Waals surface area contributed by atoms with Crippen LogP contribution in [0.5, 0.6) is 5.75 Å². The smallest absolute Gasteiger partial charge is 0.243 e. The molecule has 0 bridgehead atoms. The molecule has 0 aliphatic rings. The van der Waals surface area contributed by atoms with Crippen LogP contribution in [0.4, 0.5) is 5.69 Å². The van der Waals surface area contributed by atoms with E-state index in [0.29, 0.717) is 31.0 Å². The summed E-state index contributed by atoms with van der Waals surface area (Å²) in [5.41, 5.74) is 0.609. The van der Waals surface area contributed by atoms with Crippen molar-refractivity contribution >= 4 is 23.4 Å². The molecule has 174 valence electrons. The fraction of sp³-hybridized carbons (Fsp3) is 0.609. The Morgan fingerprint density at radius 2 is 1.74 bits per heavy atom. The van der Waals surface area contributed by atoms with Gasteiger partial charge in [-0.25, -0.2) is 0 Å². The van der Waals surface area contributed by atoms with Crippen LogP contribution in [0.3, 0.4) is 0 Å². The van der Waals surface area contributed by atoms with Crippen molar-refractivity contribution in [3.05, 3.63) is 24.3 Å². The Balaban J connectivity index is 2.59. The molecule has 8 nitrogen and oxygen atoms in total. The minimum absolute atomic E-state index is 0.00936. The summed E-state index contributed by atoms with van der Waals surface area (Å²) in [4.78, 5) is 39.1. The number of nitrogens with one attached hydrogen (secondary N) is 2. The third kappa shape index (κ3) is 10.3. The molecule has 8 heteroatoms. The molecule has 1 atom stereocenters. The van der Waals surface area contributed by atoms with Crippen LogP contribution in [0.25, 0.3) is 0 Å². The van der Waals surface area contributed by atoms with Gasteiger partial charge in [0.05, 0.1) is 20.2 Å². The quantitative estimate of drug-likeness (QED) is 0.413. The molecule has 1 aromatic rings. The van der Waals surface area contributed by atoms with Gasteiger partial charge < -0.3 is 25.0 Å². The second-order valence-corrected chi connectivity index (χ2v) is 7.41. The maximum absolute atomic E-state index is 13.0. The molecule has 3 amide bonds. The van der Waals surface area contributed by atoms with Gasteiger partial charge in [0.2, 0.25) is 17.7 Å². The monoisotopic (exact) mass is 435 g/mol. The lowest BCUT2D eigenvalue weighted by Gasteiger charge is -2.26. The van der Waals surface area contributed by atoms with Crippen LogP contribution in [-0.4, -0.2) is 63.1 Å². The number of benzene rings is 1. The Morgan fingerprint density at radius 3 is 2.32 bits per heavy atom. The molecular weight excluding hydrogens is 398 g/mol. The van der Waals surface area contributed by atoms with E-state index in [1.807, 2.05) is 6.92 Å². The molecule has 1 aromatic carbocycles. The van der Waals surface area contributed by atoms with Crippen LogP contribution >= 0.6 is 0 Å². The minimum atomic E-state index is -0.360. The van der Waals surface area contributed by atoms with Gasteiger partial charge in [0, 0.05) is 31.9 Å². The van der Waals surface area contributed by atoms with Crippen LogP contribution in [0.15, 0.2) is 24.3 Å². The van der Waals surface area contributed by atoms with E-state index in [0.717, 1.165) is 25.7 Å². The predicted octanol–water partition coefficient (Wildman–Crippen LogP) is 2.83. The molecule has 0 spiro atoms. The van der Waals surface area contributed by atoms with E-state index in [1.54, 1.807) is 43.4 Å². The number of carbonyl (C=O) groups excluding carboxylic acids is 3. The maximum Gasteiger partial charge on any atom is 0.243 e. The highest BCUT2D eigenvalue weighted by Crippen LogP contribution is 2.16. The number of carbonyl (C=O) groups is 3. The Hall–Kier alpha value is -2.61. The van der Waals surface area contributed by atoms with E-state index in [1.165, 1.54) is 0 Å². The Bertz CT molecular complexity index is 678. The van der Waals surface area contributed by atoms with Crippen molar-refractivity contribution in [3.63, 3.8) is 0 Å². The van der Waals surface area contributed by atoms with E-state index in [4.69, 9.17) is 9.47 Å². The second kappa shape index (κ2) is 15.2. The molecule has 0 aliphatic carbocycles. The van der Waals surface area contributed by atoms with E-state index >= 15 is 0 Å². The van der Waals surface area contributed by atoms with Gasteiger partial charge >= 0.3 is 0 Å². The van der Waals surface area contributed by atoms with Crippen LogP contribution in [0, 0.1) is 5.92 Å². The normalized spacial score (nSPS) is 11.5. The first-order valence-electron chi connectivity index (χ1n) is 10.9. The SMILES string of the molecule is CCCCC(CC)C(=O)N(CCCOC)CC(=O)NCC(=O)Nc1ccc(OC)cc1. The largest absolute Gasteiger partial charge is 0.497 e. The first kappa shape index (κ1) is 26.4. The summed E-state index contributed by atoms with van der Waals surface area (Å²) < 4.78 is 10.2. The van der Waals surface area contributed by atoms with Crippen LogP contribution in [0.2, 0.25) is 0 Å². The molecule has 0 aliphatic heterocycles. The number of hydrogen-bond donors (Lipinski definition) is 2. The fourth-order valence-corrected chi connectivity index (χ4v) is 3.17. The average molecular weight is 436 g/mol. The molecule has 0 aromatic heterocycles. The number of hydrogen-bond acceptors (Lipinski definition) is 5. The van der Waals surface area contributed by atoms with Crippen molar-refractivity contribution in [3.8, 4) is 5.75 Å². The number of amides is 3. The van der Waals surface area contributed by atoms with E-state index in [9.17, 15) is 14.4 Å². The molecule has 2 N–H and O–H groups in total. The molecule has 31 heavy (non-hydrogen) atoms. The zero-order valence-electron chi connectivity index (χ0n) is 19.2. The summed E-state index contributed by atoms with van der Waals surface area (Å²) in [5, 5.41) is 5.31. The van der Waals surface area contributed by atoms with Crippen LogP contribution in [0.1, 0.15) is 46.0 Å². The number of methoxy groups -OCH3 is 2. The highest BCUT2D eigenvalue weighted by Gasteiger charge is 2.24. The topological polar surface area (TPSA) is 97.0 Å². The molecule has 0 fully saturated rings. The van der Waals surface area contributed by atoms with E-state index < -0.39 is 0 Å². The van der Waals surface area contributed by atoms with Crippen molar-refractivity contribution < 1.29 is 23.9 Å². The molecule has 0 saturated carbocycles. The Labute approximate surface area is 185 Å². The number of unbranched alkanes of at least 4 members (excludes halogenated alkanes) is 1. The van der Waals surface area contributed by atoms with Crippen molar-refractivity contribution in [2.75, 3.05) is 45.8 Å². The lowest BCUT2D eigenvalue weighted by molar-refractivity contribution is -0.140. The van der Waals surface area contributed by atoms with Crippen molar-refractivity contribution in [1.82, 2.24) is 10.2 Å². The summed E-state index contributed by atoms with van der Waals surface area (Å²) in [6.45, 7) is 4.81. The number of anilines is 1. The molecule has 0 heterocycles. The van der Waals surface area contributed by atoms with Gasteiger partial charge in [-0.3, -0.25) is 14.4 Å². The van der Waals surface area contributed by atoms with Crippen molar-refractivity contribution in [1.29, 1.82) is 0 Å². The number of nitrogens with zero attached hydrogens (tertiary/aromatic N) is 1. The van der Waals surface area contributed by atoms with E-state index in [-0.39, 0.29) is 36.7 Å². The van der Waals surface area contributed by atoms with Gasteiger partial charge in [0.15, 0.2) is 0 Å². The maximum atomic E-state index is 13.0. The molecule has 0 radical (unpaired) electrons. The summed E-state index contributed by atoms with van der Waals surface area (Å²) >= 11 is 0. The number of rotatable bonds is 15. The molecular formula is C23H37N3O5. The highest BCUT2D eigenvalue weighted by atomic mass is 16.5. The van der Waals surface area contributed by atoms with Gasteiger partial charge in [0.1, 0.15) is 5.75 Å². The summed E-state index contributed by atoms with van der Waals surface area (Å²) in [7, 11) is 3.18. The van der Waals surface area contributed by atoms with Crippen LogP contribution < -0.4 is 15.4 Å². The second-order valence-electron chi connectivity index (χ2n) is 7.41. The summed E-state index contributed by atoms with van der Waals surface area (Å²) in [6.07, 6.45) is 4.22. The number of ether oxygens (including phenoxy) is 2. The van der Waals surface area contributed by atoms with E-state index in [2.05, 4.69) is 17.6 Å². The predicted molar refractivity (Wildman–Crippen MR) is 121 cm³/mol. The van der Waals surface area contributed by atoms with Gasteiger partial charge in [0.25, 0.3) is 0 Å². The molecule has 0 saturated heterocycles. The Kier molecular flexibility index (Phi) is 13.0. The third-order valence-electron chi connectivity index (χ3n) is 4.99. The third-order valence-corrected chi connectivity index (χ3v) is 4.99. The zero-order valence-corrected chi connectivity index (χ0v) is 19.2. The van der Waals surface area contributed by atoms with Gasteiger partial charge in [-0.15, -0.1) is 0 Å². The lowest BCUT2D eigenvalue weighted by atomic mass is 9.97. The van der Waals surface area contributed by atoms with Gasteiger partial charge in [-0.1, -0.05) is 26.7 Å². The first-order valence-corrected chi connectivity index (χ1v) is 10.9. The minimum Gasteiger partial charge on any atom is -0.497 e. The fourth-order valence-electron chi connectivity index (χ4n) is 3.17. The van der Waals surface area contributed by atoms with Gasteiger partial charge in [-0.05, 0) is 43.5 Å². The average Bonchev–Trinajstić information content (AvgIpc) is 2.78. The van der Waals surface area contributed by atoms with Crippen molar-refractivity contribution in [2.45, 2.75) is 46.0 Å². The Morgan fingerprint density at radius 1 is 1.03 bits per heavy atom. The summed E-state index contributed by atoms with van der Waals surface area (Å²) in [6, 6.07) is 6.91. The lowest BCUT2D eigenvalue weighted by Crippen LogP contribution is -2.45. The van der Waals surface area contributed by atoms with Gasteiger partial charge in [-0.2, -0.15) is 0 Å². The molecule has 1 unspecified atom stereocenters. The summed E-state index contributed by atoms with van der Waals surface area (Å²) in [5.74, 6) is -0.112.